The van der Waals surface area contributed by atoms with Crippen LogP contribution in [0.1, 0.15) is 101 Å². The van der Waals surface area contributed by atoms with E-state index in [1.807, 2.05) is 18.5 Å². The Morgan fingerprint density at radius 1 is 0.857 bits per heavy atom. The molecule has 0 spiro atoms. The highest BCUT2D eigenvalue weighted by Crippen LogP contribution is 2.40. The molecular weight excluding hydrogens is 642 g/mol. The van der Waals surface area contributed by atoms with Crippen molar-refractivity contribution in [3.63, 3.8) is 0 Å². The lowest BCUT2D eigenvalue weighted by atomic mass is 10.0. The molecule has 1 aromatic carbocycles. The van der Waals surface area contributed by atoms with E-state index in [0.29, 0.717) is 23.6 Å². The molecule has 3 aliphatic carbocycles. The molecule has 2 aromatic heterocycles. The molecule has 0 atom stereocenters. The molecule has 0 saturated heterocycles. The number of halogens is 6. The van der Waals surface area contributed by atoms with Crippen LogP contribution in [0.2, 0.25) is 0 Å². The summed E-state index contributed by atoms with van der Waals surface area (Å²) in [7, 11) is 0. The number of aliphatic imine (C=N–C) groups is 1. The van der Waals surface area contributed by atoms with Crippen molar-refractivity contribution in [1.82, 2.24) is 19.7 Å². The van der Waals surface area contributed by atoms with E-state index >= 15 is 0 Å². The van der Waals surface area contributed by atoms with Gasteiger partial charge in [0.2, 0.25) is 0 Å². The minimum atomic E-state index is -4.94. The Morgan fingerprint density at radius 3 is 1.92 bits per heavy atom. The van der Waals surface area contributed by atoms with Crippen LogP contribution in [-0.4, -0.2) is 38.6 Å². The van der Waals surface area contributed by atoms with E-state index in [4.69, 9.17) is 15.1 Å². The summed E-state index contributed by atoms with van der Waals surface area (Å²) < 4.78 is 85.1. The van der Waals surface area contributed by atoms with E-state index in [9.17, 15) is 26.3 Å². The zero-order valence-electron chi connectivity index (χ0n) is 29.1. The van der Waals surface area contributed by atoms with Crippen LogP contribution in [0.3, 0.4) is 0 Å². The van der Waals surface area contributed by atoms with Crippen LogP contribution in [0, 0.1) is 24.7 Å². The number of hydrogen-bond donors (Lipinski definition) is 0. The Hall–Kier alpha value is -3.57. The molecule has 0 bridgehead atoms. The standard InChI is InChI=1S/C37H46F6N6/c1-22(28-11-12-28)17-44-24(3)47(20-27-13-30(36(38,39)40)16-31(14-27)37(41,42)43)21-29-15-32-23(2)46-49(35(4,5)6)34(32)45-33(29)48(18-25-7-8-25)19-26-9-10-26/h13-17,25-26,28H,7-12,18-21H2,1-6H3. The average Bonchev–Trinajstić information content (AvgIpc) is 3.86. The maximum Gasteiger partial charge on any atom is 0.416 e. The van der Waals surface area contributed by atoms with E-state index in [0.717, 1.165) is 97.4 Å². The molecule has 6 rings (SSSR count). The summed E-state index contributed by atoms with van der Waals surface area (Å²) in [5.41, 5.74) is 0.409. The Bertz CT molecular complexity index is 1700. The van der Waals surface area contributed by atoms with E-state index < -0.39 is 23.5 Å². The van der Waals surface area contributed by atoms with E-state index in [1.54, 1.807) is 18.0 Å². The van der Waals surface area contributed by atoms with Gasteiger partial charge in [0.25, 0.3) is 0 Å². The van der Waals surface area contributed by atoms with Gasteiger partial charge < -0.3 is 9.80 Å². The SMILES string of the molecule is CC(=CN=C(C)N(Cc1cc(C(F)(F)F)cc(C(F)(F)F)c1)Cc1cc2c(C)nn(C(C)(C)C)c2nc1N(CC1CC1)CC1CC1)C1CC1. The molecule has 3 saturated carbocycles. The summed E-state index contributed by atoms with van der Waals surface area (Å²) in [6.45, 7) is 13.6. The van der Waals surface area contributed by atoms with Crippen molar-refractivity contribution in [1.29, 1.82) is 0 Å². The van der Waals surface area contributed by atoms with Gasteiger partial charge in [0, 0.05) is 43.3 Å². The Morgan fingerprint density at radius 2 is 1.43 bits per heavy atom. The molecule has 0 radical (unpaired) electrons. The molecule has 0 aliphatic heterocycles. The van der Waals surface area contributed by atoms with E-state index in [-0.39, 0.29) is 30.3 Å². The summed E-state index contributed by atoms with van der Waals surface area (Å²) in [6.07, 6.45) is -1.32. The van der Waals surface area contributed by atoms with Gasteiger partial charge in [0.15, 0.2) is 5.65 Å². The molecule has 0 amide bonds. The number of rotatable bonds is 11. The molecule has 3 aliphatic rings. The number of anilines is 1. The van der Waals surface area contributed by atoms with Gasteiger partial charge in [0.05, 0.1) is 22.4 Å². The van der Waals surface area contributed by atoms with Crippen molar-refractivity contribution in [2.45, 2.75) is 111 Å². The molecular formula is C37H46F6N6. The predicted molar refractivity (Wildman–Crippen MR) is 180 cm³/mol. The van der Waals surface area contributed by atoms with Crippen molar-refractivity contribution < 1.29 is 26.3 Å². The van der Waals surface area contributed by atoms with Crippen molar-refractivity contribution >= 4 is 22.7 Å². The highest BCUT2D eigenvalue weighted by Gasteiger charge is 2.37. The molecule has 12 heteroatoms. The maximum atomic E-state index is 13.9. The second-order valence-electron chi connectivity index (χ2n) is 15.4. The summed E-state index contributed by atoms with van der Waals surface area (Å²) in [5.74, 6) is 2.88. The number of pyridine rings is 1. The first-order chi connectivity index (χ1) is 22.9. The van der Waals surface area contributed by atoms with Gasteiger partial charge in [-0.1, -0.05) is 5.57 Å². The topological polar surface area (TPSA) is 49.6 Å². The van der Waals surface area contributed by atoms with Crippen LogP contribution in [0.4, 0.5) is 32.2 Å². The molecule has 0 N–H and O–H groups in total. The fourth-order valence-corrected chi connectivity index (χ4v) is 6.29. The zero-order valence-corrected chi connectivity index (χ0v) is 29.1. The Labute approximate surface area is 284 Å². The third-order valence-corrected chi connectivity index (χ3v) is 9.70. The van der Waals surface area contributed by atoms with Gasteiger partial charge in [-0.25, -0.2) is 14.7 Å². The average molecular weight is 689 g/mol. The molecule has 2 heterocycles. The van der Waals surface area contributed by atoms with Crippen molar-refractivity contribution in [3.8, 4) is 0 Å². The third-order valence-electron chi connectivity index (χ3n) is 9.70. The fourth-order valence-electron chi connectivity index (χ4n) is 6.29. The minimum Gasteiger partial charge on any atom is -0.356 e. The fraction of sp³-hybridized carbons (Fsp3) is 0.595. The predicted octanol–water partition coefficient (Wildman–Crippen LogP) is 9.89. The second kappa shape index (κ2) is 13.0. The Balaban J connectivity index is 1.47. The highest BCUT2D eigenvalue weighted by atomic mass is 19.4. The Kier molecular flexibility index (Phi) is 9.32. The molecule has 3 fully saturated rings. The largest absolute Gasteiger partial charge is 0.416 e. The van der Waals surface area contributed by atoms with Crippen molar-refractivity contribution in [2.24, 2.45) is 22.7 Å². The number of nitrogens with zero attached hydrogens (tertiary/aromatic N) is 6. The number of allylic oxidation sites excluding steroid dienone is 1. The monoisotopic (exact) mass is 688 g/mol. The van der Waals surface area contributed by atoms with Crippen molar-refractivity contribution in [2.75, 3.05) is 18.0 Å². The highest BCUT2D eigenvalue weighted by molar-refractivity contribution is 5.83. The van der Waals surface area contributed by atoms with Gasteiger partial charge >= 0.3 is 12.4 Å². The van der Waals surface area contributed by atoms with Crippen LogP contribution < -0.4 is 4.90 Å². The number of fused-ring (bicyclic) bond motifs is 1. The van der Waals surface area contributed by atoms with E-state index in [2.05, 4.69) is 31.7 Å². The van der Waals surface area contributed by atoms with Gasteiger partial charge in [0.1, 0.15) is 11.7 Å². The summed E-state index contributed by atoms with van der Waals surface area (Å²) in [5, 5.41) is 5.71. The second-order valence-corrected chi connectivity index (χ2v) is 15.4. The lowest BCUT2D eigenvalue weighted by Gasteiger charge is -2.30. The molecule has 49 heavy (non-hydrogen) atoms. The number of alkyl halides is 6. The van der Waals surface area contributed by atoms with E-state index in [1.165, 1.54) is 0 Å². The lowest BCUT2D eigenvalue weighted by molar-refractivity contribution is -0.143. The number of hydrogen-bond acceptors (Lipinski definition) is 4. The zero-order chi connectivity index (χ0) is 35.5. The first-order valence-electron chi connectivity index (χ1n) is 17.3. The van der Waals surface area contributed by atoms with Crippen LogP contribution in [-0.2, 0) is 31.0 Å². The van der Waals surface area contributed by atoms with Crippen molar-refractivity contribution in [3.05, 3.63) is 64.0 Å². The number of benzene rings is 1. The quantitative estimate of drug-likeness (QED) is 0.114. The van der Waals surface area contributed by atoms with Gasteiger partial charge in [-0.2, -0.15) is 31.4 Å². The maximum absolute atomic E-state index is 13.9. The third kappa shape index (κ3) is 8.60. The minimum absolute atomic E-state index is 0.0975. The summed E-state index contributed by atoms with van der Waals surface area (Å²) >= 11 is 0. The van der Waals surface area contributed by atoms with Crippen LogP contribution in [0.15, 0.2) is 41.0 Å². The molecule has 3 aromatic rings. The van der Waals surface area contributed by atoms with Crippen LogP contribution in [0.5, 0.6) is 0 Å². The number of aromatic nitrogens is 3. The first kappa shape index (κ1) is 35.3. The summed E-state index contributed by atoms with van der Waals surface area (Å²) in [6, 6.07) is 3.87. The summed E-state index contributed by atoms with van der Waals surface area (Å²) in [4.78, 5) is 14.1. The van der Waals surface area contributed by atoms with Gasteiger partial charge in [-0.3, -0.25) is 0 Å². The first-order valence-corrected chi connectivity index (χ1v) is 17.3. The molecule has 0 unspecified atom stereocenters. The molecule has 6 nitrogen and oxygen atoms in total. The van der Waals surface area contributed by atoms with Gasteiger partial charge in [-0.15, -0.1) is 0 Å². The van der Waals surface area contributed by atoms with Crippen LogP contribution >= 0.6 is 0 Å². The van der Waals surface area contributed by atoms with Gasteiger partial charge in [-0.05, 0) is 128 Å². The van der Waals surface area contributed by atoms with Crippen LogP contribution in [0.25, 0.3) is 11.0 Å². The number of amidine groups is 1. The smallest absolute Gasteiger partial charge is 0.356 e. The normalized spacial score (nSPS) is 18.0. The number of aryl methyl sites for hydroxylation is 1. The lowest BCUT2D eigenvalue weighted by Crippen LogP contribution is -2.33. The molecule has 266 valence electrons.